The van der Waals surface area contributed by atoms with Crippen molar-refractivity contribution in [3.05, 3.63) is 0 Å². The number of rotatable bonds is 79. The third-order valence-corrected chi connectivity index (χ3v) is 21.5. The van der Waals surface area contributed by atoms with Crippen molar-refractivity contribution in [2.75, 3.05) is 39.6 Å². The first-order valence-electron chi connectivity index (χ1n) is 41.9. The summed E-state index contributed by atoms with van der Waals surface area (Å²) in [5.74, 6) is 0.232. The largest absolute Gasteiger partial charge is 0.472 e. The lowest BCUT2D eigenvalue weighted by Crippen LogP contribution is -2.30. The van der Waals surface area contributed by atoms with Crippen molar-refractivity contribution in [3.63, 3.8) is 0 Å². The van der Waals surface area contributed by atoms with Crippen molar-refractivity contribution in [1.29, 1.82) is 0 Å². The topological polar surface area (TPSA) is 237 Å². The van der Waals surface area contributed by atoms with Crippen molar-refractivity contribution in [1.82, 2.24) is 0 Å². The van der Waals surface area contributed by atoms with Crippen LogP contribution in [-0.2, 0) is 65.4 Å². The van der Waals surface area contributed by atoms with Crippen molar-refractivity contribution < 1.29 is 80.2 Å². The fourth-order valence-corrected chi connectivity index (χ4v) is 14.0. The van der Waals surface area contributed by atoms with Gasteiger partial charge in [-0.3, -0.25) is 37.3 Å². The number of hydrogen-bond acceptors (Lipinski definition) is 15. The van der Waals surface area contributed by atoms with Crippen LogP contribution in [0.5, 0.6) is 0 Å². The Morgan fingerprint density at radius 2 is 0.510 bits per heavy atom. The van der Waals surface area contributed by atoms with Crippen LogP contribution in [-0.4, -0.2) is 96.7 Å². The van der Waals surface area contributed by atoms with Crippen LogP contribution in [0.25, 0.3) is 0 Å². The van der Waals surface area contributed by atoms with Crippen LogP contribution < -0.4 is 0 Å². The first-order valence-corrected chi connectivity index (χ1v) is 44.9. The Bertz CT molecular complexity index is 1940. The van der Waals surface area contributed by atoms with E-state index in [0.29, 0.717) is 31.6 Å². The molecule has 0 amide bonds. The van der Waals surface area contributed by atoms with Crippen molar-refractivity contribution in [3.8, 4) is 0 Å². The van der Waals surface area contributed by atoms with E-state index in [1.807, 2.05) is 0 Å². The molecule has 0 aromatic carbocycles. The molecule has 4 unspecified atom stereocenters. The number of carbonyl (C=O) groups is 4. The summed E-state index contributed by atoms with van der Waals surface area (Å²) in [6.07, 6.45) is 59.8. The summed E-state index contributed by atoms with van der Waals surface area (Å²) in [4.78, 5) is 73.0. The third kappa shape index (κ3) is 71.7. The molecule has 0 heterocycles. The highest BCUT2D eigenvalue weighted by Crippen LogP contribution is 2.45. The van der Waals surface area contributed by atoms with Crippen LogP contribution in [0, 0.1) is 17.8 Å². The van der Waals surface area contributed by atoms with Gasteiger partial charge in [-0.1, -0.05) is 370 Å². The Labute approximate surface area is 613 Å². The van der Waals surface area contributed by atoms with E-state index in [2.05, 4.69) is 48.5 Å². The van der Waals surface area contributed by atoms with E-state index < -0.39 is 97.5 Å². The lowest BCUT2D eigenvalue weighted by molar-refractivity contribution is -0.161. The number of phosphoric acid groups is 2. The molecular formula is C81H158O17P2. The molecule has 7 atom stereocenters. The van der Waals surface area contributed by atoms with Gasteiger partial charge in [-0.05, 0) is 43.4 Å². The summed E-state index contributed by atoms with van der Waals surface area (Å²) in [6, 6.07) is 0. The fraction of sp³-hybridized carbons (Fsp3) is 0.951. The molecule has 19 heteroatoms. The lowest BCUT2D eigenvalue weighted by Gasteiger charge is -2.21. The number of unbranched alkanes of at least 4 members (excludes halogenated alkanes) is 45. The summed E-state index contributed by atoms with van der Waals surface area (Å²) in [5.41, 5.74) is 0. The zero-order valence-electron chi connectivity index (χ0n) is 65.7. The van der Waals surface area contributed by atoms with Crippen molar-refractivity contribution in [2.45, 2.75) is 439 Å². The molecule has 0 aliphatic heterocycles. The van der Waals surface area contributed by atoms with E-state index in [-0.39, 0.29) is 25.7 Å². The van der Waals surface area contributed by atoms with Gasteiger partial charge in [0, 0.05) is 25.7 Å². The average molecular weight is 1470 g/mol. The van der Waals surface area contributed by atoms with Gasteiger partial charge in [0.05, 0.1) is 26.4 Å². The monoisotopic (exact) mass is 1470 g/mol. The molecule has 594 valence electrons. The van der Waals surface area contributed by atoms with E-state index in [1.54, 1.807) is 0 Å². The molecule has 0 radical (unpaired) electrons. The molecule has 0 aliphatic rings. The molecule has 3 N–H and O–H groups in total. The quantitative estimate of drug-likeness (QED) is 0.0222. The van der Waals surface area contributed by atoms with Crippen LogP contribution in [0.1, 0.15) is 421 Å². The van der Waals surface area contributed by atoms with Gasteiger partial charge in [0.2, 0.25) is 0 Å². The van der Waals surface area contributed by atoms with Crippen LogP contribution in [0.15, 0.2) is 0 Å². The zero-order chi connectivity index (χ0) is 73.7. The molecule has 0 aromatic heterocycles. The maximum Gasteiger partial charge on any atom is 0.472 e. The Hall–Kier alpha value is -1.94. The number of aliphatic hydroxyl groups is 1. The van der Waals surface area contributed by atoms with E-state index in [0.717, 1.165) is 108 Å². The molecule has 100 heavy (non-hydrogen) atoms. The fourth-order valence-electron chi connectivity index (χ4n) is 12.4. The maximum atomic E-state index is 13.1. The maximum absolute atomic E-state index is 13.1. The average Bonchev–Trinajstić information content (AvgIpc) is 0.940. The highest BCUT2D eigenvalue weighted by molar-refractivity contribution is 7.47. The molecule has 0 saturated carbocycles. The third-order valence-electron chi connectivity index (χ3n) is 19.6. The number of aliphatic hydroxyl groups excluding tert-OH is 1. The highest BCUT2D eigenvalue weighted by Gasteiger charge is 2.30. The summed E-state index contributed by atoms with van der Waals surface area (Å²) < 4.78 is 68.7. The number of esters is 4. The minimum absolute atomic E-state index is 0.104. The second-order valence-corrected chi connectivity index (χ2v) is 33.0. The van der Waals surface area contributed by atoms with Gasteiger partial charge in [-0.25, -0.2) is 9.13 Å². The van der Waals surface area contributed by atoms with Gasteiger partial charge in [0.15, 0.2) is 12.2 Å². The molecule has 17 nitrogen and oxygen atoms in total. The van der Waals surface area contributed by atoms with E-state index in [4.69, 9.17) is 37.0 Å². The summed E-state index contributed by atoms with van der Waals surface area (Å²) in [7, 11) is -9.92. The van der Waals surface area contributed by atoms with Gasteiger partial charge < -0.3 is 33.8 Å². The Morgan fingerprint density at radius 1 is 0.290 bits per heavy atom. The predicted octanol–water partition coefficient (Wildman–Crippen LogP) is 24.1. The minimum atomic E-state index is -4.96. The first kappa shape index (κ1) is 98.1. The number of ether oxygens (including phenoxy) is 4. The van der Waals surface area contributed by atoms with Crippen molar-refractivity contribution >= 4 is 39.5 Å². The smallest absolute Gasteiger partial charge is 0.462 e. The van der Waals surface area contributed by atoms with Crippen LogP contribution >= 0.6 is 15.6 Å². The Morgan fingerprint density at radius 3 is 0.760 bits per heavy atom. The molecule has 0 aliphatic carbocycles. The second-order valence-electron chi connectivity index (χ2n) is 30.1. The second kappa shape index (κ2) is 71.3. The van der Waals surface area contributed by atoms with Crippen LogP contribution in [0.2, 0.25) is 0 Å². The Balaban J connectivity index is 5.21. The lowest BCUT2D eigenvalue weighted by atomic mass is 9.99. The number of carbonyl (C=O) groups excluding carboxylic acids is 4. The zero-order valence-corrected chi connectivity index (χ0v) is 67.5. The van der Waals surface area contributed by atoms with E-state index in [9.17, 15) is 43.2 Å². The molecule has 0 bridgehead atoms. The van der Waals surface area contributed by atoms with Gasteiger partial charge in [0.25, 0.3) is 0 Å². The molecule has 0 spiro atoms. The molecular weight excluding hydrogens is 1310 g/mol. The number of hydrogen-bond donors (Lipinski definition) is 3. The number of phosphoric ester groups is 2. The normalized spacial score (nSPS) is 14.5. The van der Waals surface area contributed by atoms with E-state index in [1.165, 1.54) is 225 Å². The summed E-state index contributed by atoms with van der Waals surface area (Å²) in [5, 5.41) is 10.6. The van der Waals surface area contributed by atoms with Crippen LogP contribution in [0.4, 0.5) is 0 Å². The molecule has 0 fully saturated rings. The SMILES string of the molecule is CCCCCCCCCCCCCCCCCCC(=O)OC[C@H](COP(=O)(O)OC[C@@H](O)COP(=O)(O)OC[C@@H](COC(=O)CCCCCCCCCC(C)C)OC(=O)CCCCCCCCCCC(C)CC)OC(=O)CCCCCCCCCCCCCCCCCCCCC(C)CC. The van der Waals surface area contributed by atoms with Crippen molar-refractivity contribution in [2.24, 2.45) is 17.8 Å². The summed E-state index contributed by atoms with van der Waals surface area (Å²) in [6.45, 7) is 11.9. The first-order chi connectivity index (χ1) is 48.3. The molecule has 0 saturated heterocycles. The predicted molar refractivity (Wildman–Crippen MR) is 409 cm³/mol. The van der Waals surface area contributed by atoms with Gasteiger partial charge in [-0.15, -0.1) is 0 Å². The van der Waals surface area contributed by atoms with Gasteiger partial charge >= 0.3 is 39.5 Å². The molecule has 0 rings (SSSR count). The summed E-state index contributed by atoms with van der Waals surface area (Å²) >= 11 is 0. The van der Waals surface area contributed by atoms with Crippen LogP contribution in [0.3, 0.4) is 0 Å². The standard InChI is InChI=1S/C81H158O17P2/c1-8-11-12-13-14-15-16-17-18-24-27-30-33-41-48-55-62-78(83)91-68-76(97-80(85)64-57-50-42-34-31-28-25-22-20-19-21-23-26-29-32-39-46-53-60-73(6)9-2)70-95-99(87,88)93-66-75(82)67-94-100(89,90)96-71-77(69-92-79(84)63-56-49-44-37-38-45-52-59-72(4)5)98-81(86)65-58-51-43-36-35-40-47-54-61-74(7)10-3/h72-77,82H,8-71H2,1-7H3,(H,87,88)(H,89,90)/t73?,74?,75-,76-,77-/m1/s1. The van der Waals surface area contributed by atoms with E-state index >= 15 is 0 Å². The minimum Gasteiger partial charge on any atom is -0.462 e. The highest BCUT2D eigenvalue weighted by atomic mass is 31.2. The molecule has 0 aromatic rings. The Kier molecular flexibility index (Phi) is 69.9. The van der Waals surface area contributed by atoms with Gasteiger partial charge in [0.1, 0.15) is 19.3 Å². The van der Waals surface area contributed by atoms with Gasteiger partial charge in [-0.2, -0.15) is 0 Å².